The van der Waals surface area contributed by atoms with Crippen LogP contribution in [0.3, 0.4) is 0 Å². The molecule has 0 radical (unpaired) electrons. The number of aliphatic hydroxyl groups excluding tert-OH is 1. The molecule has 3 atom stereocenters. The summed E-state index contributed by atoms with van der Waals surface area (Å²) in [4.78, 5) is 14.3. The first-order valence-electron chi connectivity index (χ1n) is 7.40. The number of carbonyl (C=O) groups is 1. The second-order valence-electron chi connectivity index (χ2n) is 5.82. The topological polar surface area (TPSA) is 40.5 Å². The van der Waals surface area contributed by atoms with Crippen molar-refractivity contribution in [2.45, 2.75) is 25.3 Å². The van der Waals surface area contributed by atoms with E-state index in [9.17, 15) is 9.90 Å². The first kappa shape index (κ1) is 13.4. The van der Waals surface area contributed by atoms with Crippen molar-refractivity contribution in [1.29, 1.82) is 0 Å². The molecule has 20 heavy (non-hydrogen) atoms. The van der Waals surface area contributed by atoms with Crippen LogP contribution in [0.25, 0.3) is 0 Å². The number of hydrogen-bond donors (Lipinski definition) is 1. The third kappa shape index (κ3) is 2.50. The van der Waals surface area contributed by atoms with Gasteiger partial charge in [-0.1, -0.05) is 42.5 Å². The minimum absolute atomic E-state index is 0.0109. The van der Waals surface area contributed by atoms with E-state index in [1.165, 1.54) is 0 Å². The zero-order chi connectivity index (χ0) is 13.9. The van der Waals surface area contributed by atoms with E-state index in [0.717, 1.165) is 24.9 Å². The smallest absolute Gasteiger partial charge is 0.223 e. The highest BCUT2D eigenvalue weighted by Gasteiger charge is 2.37. The van der Waals surface area contributed by atoms with Crippen molar-refractivity contribution in [2.75, 3.05) is 13.2 Å². The molecule has 3 rings (SSSR count). The van der Waals surface area contributed by atoms with E-state index in [4.69, 9.17) is 0 Å². The fourth-order valence-electron chi connectivity index (χ4n) is 3.46. The van der Waals surface area contributed by atoms with Crippen LogP contribution in [-0.2, 0) is 4.79 Å². The summed E-state index contributed by atoms with van der Waals surface area (Å²) in [6, 6.07) is 9.65. The number of hydrogen-bond acceptors (Lipinski definition) is 2. The van der Waals surface area contributed by atoms with Crippen LogP contribution in [0, 0.1) is 11.8 Å². The molecule has 0 bridgehead atoms. The minimum atomic E-state index is -0.199. The zero-order valence-corrected chi connectivity index (χ0v) is 11.6. The number of nitrogens with zero attached hydrogens (tertiary/aromatic N) is 1. The highest BCUT2D eigenvalue weighted by atomic mass is 16.3. The maximum atomic E-state index is 12.4. The van der Waals surface area contributed by atoms with Gasteiger partial charge >= 0.3 is 0 Å². The van der Waals surface area contributed by atoms with Crippen LogP contribution in [0.4, 0.5) is 0 Å². The predicted molar refractivity (Wildman–Crippen MR) is 78.0 cm³/mol. The van der Waals surface area contributed by atoms with Gasteiger partial charge in [0.15, 0.2) is 0 Å². The van der Waals surface area contributed by atoms with E-state index < -0.39 is 0 Å². The molecule has 0 aromatic heterocycles. The fourth-order valence-corrected chi connectivity index (χ4v) is 3.46. The molecule has 1 aromatic carbocycles. The predicted octanol–water partition coefficient (Wildman–Crippen LogP) is 2.53. The molecule has 1 aliphatic carbocycles. The Kier molecular flexibility index (Phi) is 3.88. The van der Waals surface area contributed by atoms with Crippen molar-refractivity contribution in [3.8, 4) is 0 Å². The Balaban J connectivity index is 1.81. The number of benzene rings is 1. The highest BCUT2D eigenvalue weighted by molar-refractivity contribution is 5.78. The van der Waals surface area contributed by atoms with E-state index in [1.54, 1.807) is 0 Å². The van der Waals surface area contributed by atoms with Crippen LogP contribution in [0.1, 0.15) is 30.9 Å². The number of aliphatic hydroxyl groups is 1. The lowest BCUT2D eigenvalue weighted by Gasteiger charge is -2.42. The molecular weight excluding hydrogens is 250 g/mol. The standard InChI is InChI=1S/C17H21NO2/c19-12-16(13-6-2-1-3-7-13)18-11-15-9-5-4-8-14(15)10-17(18)20/h1-7,14-16,19H,8-12H2/t14-,15+,16-/m0/s1. The molecule has 3 heteroatoms. The van der Waals surface area contributed by atoms with Crippen LogP contribution in [-0.4, -0.2) is 29.1 Å². The average molecular weight is 271 g/mol. The number of amides is 1. The molecule has 1 N–H and O–H groups in total. The molecule has 0 saturated carbocycles. The second-order valence-corrected chi connectivity index (χ2v) is 5.82. The molecule has 2 aliphatic rings. The molecule has 1 amide bonds. The highest BCUT2D eigenvalue weighted by Crippen LogP contribution is 2.36. The number of allylic oxidation sites excluding steroid dienone is 2. The lowest BCUT2D eigenvalue weighted by Crippen LogP contribution is -2.47. The molecule has 1 fully saturated rings. The summed E-state index contributed by atoms with van der Waals surface area (Å²) in [5.74, 6) is 1.23. The Morgan fingerprint density at radius 1 is 1.15 bits per heavy atom. The van der Waals surface area contributed by atoms with Gasteiger partial charge in [0.2, 0.25) is 5.91 Å². The van der Waals surface area contributed by atoms with Gasteiger partial charge in [0.05, 0.1) is 12.6 Å². The largest absolute Gasteiger partial charge is 0.394 e. The van der Waals surface area contributed by atoms with E-state index >= 15 is 0 Å². The van der Waals surface area contributed by atoms with Gasteiger partial charge < -0.3 is 10.0 Å². The van der Waals surface area contributed by atoms with Gasteiger partial charge in [0, 0.05) is 13.0 Å². The lowest BCUT2D eigenvalue weighted by atomic mass is 9.77. The number of piperidine rings is 1. The minimum Gasteiger partial charge on any atom is -0.394 e. The van der Waals surface area contributed by atoms with Crippen LogP contribution in [0.2, 0.25) is 0 Å². The van der Waals surface area contributed by atoms with Crippen molar-refractivity contribution < 1.29 is 9.90 Å². The van der Waals surface area contributed by atoms with E-state index in [0.29, 0.717) is 18.3 Å². The Morgan fingerprint density at radius 2 is 1.85 bits per heavy atom. The quantitative estimate of drug-likeness (QED) is 0.858. The molecule has 1 aliphatic heterocycles. The molecule has 1 heterocycles. The number of likely N-dealkylation sites (tertiary alicyclic amines) is 1. The molecule has 106 valence electrons. The summed E-state index contributed by atoms with van der Waals surface area (Å²) in [7, 11) is 0. The van der Waals surface area contributed by atoms with Crippen molar-refractivity contribution in [3.63, 3.8) is 0 Å². The summed E-state index contributed by atoms with van der Waals surface area (Å²) in [5, 5.41) is 9.74. The Morgan fingerprint density at radius 3 is 2.55 bits per heavy atom. The van der Waals surface area contributed by atoms with Gasteiger partial charge in [-0.25, -0.2) is 0 Å². The first-order valence-corrected chi connectivity index (χ1v) is 7.40. The SMILES string of the molecule is O=C1C[C@@H]2CC=CC[C@@H]2CN1[C@@H](CO)c1ccccc1. The van der Waals surface area contributed by atoms with Gasteiger partial charge in [-0.3, -0.25) is 4.79 Å². The van der Waals surface area contributed by atoms with E-state index in [-0.39, 0.29) is 18.6 Å². The normalized spacial score (nSPS) is 27.2. The monoisotopic (exact) mass is 271 g/mol. The summed E-state index contributed by atoms with van der Waals surface area (Å²) < 4.78 is 0. The molecule has 0 spiro atoms. The third-order valence-corrected chi connectivity index (χ3v) is 4.63. The van der Waals surface area contributed by atoms with Gasteiger partial charge in [-0.15, -0.1) is 0 Å². The van der Waals surface area contributed by atoms with Crippen molar-refractivity contribution in [2.24, 2.45) is 11.8 Å². The summed E-state index contributed by atoms with van der Waals surface area (Å²) in [5.41, 5.74) is 1.02. The van der Waals surface area contributed by atoms with Crippen molar-refractivity contribution in [1.82, 2.24) is 4.90 Å². The van der Waals surface area contributed by atoms with Crippen LogP contribution >= 0.6 is 0 Å². The van der Waals surface area contributed by atoms with Crippen LogP contribution < -0.4 is 0 Å². The van der Waals surface area contributed by atoms with Crippen LogP contribution in [0.15, 0.2) is 42.5 Å². The van der Waals surface area contributed by atoms with Gasteiger partial charge in [-0.2, -0.15) is 0 Å². The van der Waals surface area contributed by atoms with Crippen LogP contribution in [0.5, 0.6) is 0 Å². The maximum absolute atomic E-state index is 12.4. The summed E-state index contributed by atoms with van der Waals surface area (Å²) >= 11 is 0. The average Bonchev–Trinajstić information content (AvgIpc) is 2.49. The first-order chi connectivity index (χ1) is 9.79. The molecule has 0 unspecified atom stereocenters. The number of fused-ring (bicyclic) bond motifs is 1. The van der Waals surface area contributed by atoms with Gasteiger partial charge in [0.1, 0.15) is 0 Å². The Bertz CT molecular complexity index is 497. The Hall–Kier alpha value is -1.61. The van der Waals surface area contributed by atoms with E-state index in [1.807, 2.05) is 35.2 Å². The van der Waals surface area contributed by atoms with E-state index in [2.05, 4.69) is 12.2 Å². The van der Waals surface area contributed by atoms with Gasteiger partial charge in [0.25, 0.3) is 0 Å². The summed E-state index contributed by atoms with van der Waals surface area (Å²) in [6.45, 7) is 0.761. The second kappa shape index (κ2) is 5.80. The maximum Gasteiger partial charge on any atom is 0.223 e. The molecule has 1 saturated heterocycles. The van der Waals surface area contributed by atoms with Crippen molar-refractivity contribution >= 4 is 5.91 Å². The summed E-state index contributed by atoms with van der Waals surface area (Å²) in [6.07, 6.45) is 7.13. The number of rotatable bonds is 3. The lowest BCUT2D eigenvalue weighted by molar-refractivity contribution is -0.141. The molecular formula is C17H21NO2. The third-order valence-electron chi connectivity index (χ3n) is 4.63. The fraction of sp³-hybridized carbons (Fsp3) is 0.471. The van der Waals surface area contributed by atoms with Gasteiger partial charge in [-0.05, 0) is 30.2 Å². The Labute approximate surface area is 119 Å². The molecule has 3 nitrogen and oxygen atoms in total. The zero-order valence-electron chi connectivity index (χ0n) is 11.6. The molecule has 1 aromatic rings. The number of carbonyl (C=O) groups excluding carboxylic acids is 1. The van der Waals surface area contributed by atoms with Crippen molar-refractivity contribution in [3.05, 3.63) is 48.0 Å².